The SMILES string of the molecule is O=C1NOc2ccccc2NC(=O)Nc2ccccc2Oc2ccccc2NC(=O)Nc2ccccc2Oc2ccccc2NC(=O)Nc2ccccc2ONC(=O)Nc2ccccc2Oc2ccccc2NC(=O)Nc2ccccc2Oc2ccccc2N1. The first-order valence-electron chi connectivity index (χ1n) is 27.4. The first kappa shape index (κ1) is 58.4. The van der Waals surface area contributed by atoms with E-state index in [9.17, 15) is 28.8 Å². The van der Waals surface area contributed by atoms with Gasteiger partial charge in [0, 0.05) is 0 Å². The lowest BCUT2D eigenvalue weighted by Gasteiger charge is -2.18. The van der Waals surface area contributed by atoms with Crippen LogP contribution in [0.15, 0.2) is 243 Å². The zero-order chi connectivity index (χ0) is 62.0. The molecular weight excluding hydrogens is 1150 g/mol. The van der Waals surface area contributed by atoms with E-state index in [4.69, 9.17) is 28.6 Å². The van der Waals surface area contributed by atoms with Gasteiger partial charge in [0.05, 0.1) is 56.9 Å². The van der Waals surface area contributed by atoms with Crippen LogP contribution in [0, 0.1) is 0 Å². The van der Waals surface area contributed by atoms with Crippen molar-refractivity contribution in [2.45, 2.75) is 0 Å². The van der Waals surface area contributed by atoms with Gasteiger partial charge in [0.25, 0.3) is 0 Å². The number of ether oxygens (including phenoxy) is 4. The molecule has 0 unspecified atom stereocenters. The Morgan fingerprint density at radius 2 is 0.300 bits per heavy atom. The fourth-order valence-electron chi connectivity index (χ4n) is 8.66. The average molecular weight is 1210 g/mol. The molecule has 10 aromatic rings. The number of hydroxylamine groups is 2. The van der Waals surface area contributed by atoms with Crippen molar-refractivity contribution in [1.29, 1.82) is 0 Å². The zero-order valence-electron chi connectivity index (χ0n) is 47.0. The minimum atomic E-state index is -0.811. The highest BCUT2D eigenvalue weighted by molar-refractivity contribution is 6.05. The molecule has 90 heavy (non-hydrogen) atoms. The van der Waals surface area contributed by atoms with E-state index in [0.717, 1.165) is 0 Å². The van der Waals surface area contributed by atoms with Gasteiger partial charge < -0.3 is 81.8 Å². The Morgan fingerprint density at radius 3 is 0.478 bits per heavy atom. The van der Waals surface area contributed by atoms with Crippen LogP contribution in [0.1, 0.15) is 0 Å². The lowest BCUT2D eigenvalue weighted by Crippen LogP contribution is -2.32. The van der Waals surface area contributed by atoms with Gasteiger partial charge in [0.2, 0.25) is 0 Å². The van der Waals surface area contributed by atoms with Gasteiger partial charge in [0.1, 0.15) is 0 Å². The Morgan fingerprint density at radius 1 is 0.167 bits per heavy atom. The molecular formula is C66H52N12O12. The summed E-state index contributed by atoms with van der Waals surface area (Å²) >= 11 is 0. The zero-order valence-corrected chi connectivity index (χ0v) is 47.0. The Labute approximate surface area is 512 Å². The Bertz CT molecular complexity index is 4040. The molecule has 0 saturated heterocycles. The van der Waals surface area contributed by atoms with Gasteiger partial charge in [-0.2, -0.15) is 11.0 Å². The van der Waals surface area contributed by atoms with E-state index in [1.807, 2.05) is 0 Å². The van der Waals surface area contributed by atoms with Gasteiger partial charge in [-0.05, 0) is 121 Å². The number of para-hydroxylation sites is 20. The quantitative estimate of drug-likeness (QED) is 0.0675. The summed E-state index contributed by atoms with van der Waals surface area (Å²) in [5, 5.41) is 27.7. The maximum Gasteiger partial charge on any atom is 0.352 e. The Balaban J connectivity index is 0.841. The number of fused-ring (bicyclic) bond motifs is 10. The minimum Gasteiger partial charge on any atom is -0.453 e. The van der Waals surface area contributed by atoms with E-state index in [1.54, 1.807) is 231 Å². The molecule has 448 valence electrons. The van der Waals surface area contributed by atoms with E-state index in [-0.39, 0.29) is 114 Å². The van der Waals surface area contributed by atoms with Gasteiger partial charge in [-0.15, -0.1) is 0 Å². The predicted octanol–water partition coefficient (Wildman–Crippen LogP) is 16.0. The number of carbonyl (C=O) groups is 6. The molecule has 24 heteroatoms. The molecule has 1 aliphatic heterocycles. The topological polar surface area (TPSA) is 302 Å². The van der Waals surface area contributed by atoms with Gasteiger partial charge >= 0.3 is 36.2 Å². The highest BCUT2D eigenvalue weighted by atomic mass is 16.7. The van der Waals surface area contributed by atoms with Crippen molar-refractivity contribution in [3.63, 3.8) is 0 Å². The second kappa shape index (κ2) is 28.0. The third-order valence-electron chi connectivity index (χ3n) is 12.7. The number of nitrogens with one attached hydrogen (secondary N) is 12. The number of hydrogen-bond donors (Lipinski definition) is 12. The highest BCUT2D eigenvalue weighted by Gasteiger charge is 2.21. The lowest BCUT2D eigenvalue weighted by atomic mass is 10.2. The molecule has 1 heterocycles. The third kappa shape index (κ3) is 15.3. The van der Waals surface area contributed by atoms with Gasteiger partial charge in [-0.1, -0.05) is 121 Å². The van der Waals surface area contributed by atoms with Crippen LogP contribution in [0.5, 0.6) is 57.5 Å². The first-order chi connectivity index (χ1) is 44.0. The summed E-state index contributed by atoms with van der Waals surface area (Å²) in [4.78, 5) is 93.1. The standard InChI is InChI=1S/C66H52N12O12/c79-61-67-41-21-1-11-31-51(41)85-53-33-13-5-25-45(53)71-63(81)73-49-29-9-19-39-59(49)89-77-65(83)75-47-27-7-17-37-57(47)87-55-35-15-3-23-43(55)69-62(80)70-44-24-4-16-36-56(44)88-58-38-18-8-28-48(58)76-66(84)78-90-60-40-20-10-30-50(60)74-64(82)72-46-26-6-14-34-54(46)86-52-32-12-2-22-42(52)68-61/h1-40H,(H2,67,68,79)(H2,69,70,80)(H2,71,73,81)(H2,72,74,82)(H2,75,77,83)(H2,76,78,84). The molecule has 12 N–H and O–H groups in total. The Kier molecular flexibility index (Phi) is 18.2. The molecule has 0 aliphatic carbocycles. The molecule has 12 amide bonds. The number of amides is 12. The fourth-order valence-corrected chi connectivity index (χ4v) is 8.66. The van der Waals surface area contributed by atoms with Gasteiger partial charge in [0.15, 0.2) is 57.5 Å². The molecule has 0 spiro atoms. The van der Waals surface area contributed by atoms with Crippen LogP contribution in [0.25, 0.3) is 0 Å². The molecule has 10 aromatic carbocycles. The summed E-state index contributed by atoms with van der Waals surface area (Å²) in [6.07, 6.45) is 0. The van der Waals surface area contributed by atoms with E-state index in [2.05, 4.69) is 64.1 Å². The van der Waals surface area contributed by atoms with E-state index >= 15 is 0 Å². The number of hydrogen-bond acceptors (Lipinski definition) is 12. The normalized spacial score (nSPS) is 13.3. The number of carbonyl (C=O) groups excluding carboxylic acids is 6. The van der Waals surface area contributed by atoms with Crippen LogP contribution < -0.4 is 92.8 Å². The first-order valence-corrected chi connectivity index (χ1v) is 27.4. The molecule has 0 atom stereocenters. The second-order valence-electron chi connectivity index (χ2n) is 19.0. The van der Waals surface area contributed by atoms with Crippen LogP contribution in [0.2, 0.25) is 0 Å². The summed E-state index contributed by atoms with van der Waals surface area (Å²) in [7, 11) is 0. The minimum absolute atomic E-state index is 0.0716. The van der Waals surface area contributed by atoms with E-state index in [0.29, 0.717) is 0 Å². The van der Waals surface area contributed by atoms with E-state index in [1.165, 1.54) is 12.1 Å². The molecule has 0 aromatic heterocycles. The highest BCUT2D eigenvalue weighted by Crippen LogP contribution is 2.39. The fraction of sp³-hybridized carbons (Fsp3) is 0. The number of rotatable bonds is 0. The molecule has 24 nitrogen and oxygen atoms in total. The smallest absolute Gasteiger partial charge is 0.352 e. The van der Waals surface area contributed by atoms with Crippen LogP contribution in [-0.2, 0) is 0 Å². The van der Waals surface area contributed by atoms with Crippen LogP contribution in [0.3, 0.4) is 0 Å². The number of benzene rings is 10. The predicted molar refractivity (Wildman–Crippen MR) is 341 cm³/mol. The van der Waals surface area contributed by atoms with E-state index < -0.39 is 36.2 Å². The second-order valence-corrected chi connectivity index (χ2v) is 19.0. The third-order valence-corrected chi connectivity index (χ3v) is 12.7. The molecule has 0 saturated carbocycles. The van der Waals surface area contributed by atoms with Crippen molar-refractivity contribution in [2.75, 3.05) is 53.2 Å². The largest absolute Gasteiger partial charge is 0.453 e. The van der Waals surface area contributed by atoms with Crippen molar-refractivity contribution < 1.29 is 57.4 Å². The van der Waals surface area contributed by atoms with Crippen molar-refractivity contribution in [2.24, 2.45) is 0 Å². The lowest BCUT2D eigenvalue weighted by molar-refractivity contribution is 0.189. The van der Waals surface area contributed by atoms with Crippen LogP contribution in [0.4, 0.5) is 85.6 Å². The van der Waals surface area contributed by atoms with Gasteiger partial charge in [-0.3, -0.25) is 0 Å². The number of anilines is 10. The maximum atomic E-state index is 13.8. The summed E-state index contributed by atoms with van der Waals surface area (Å²) in [6.45, 7) is 0. The van der Waals surface area contributed by atoms with Crippen molar-refractivity contribution >= 4 is 93.1 Å². The van der Waals surface area contributed by atoms with Crippen LogP contribution >= 0.6 is 0 Å². The molecule has 1 aliphatic rings. The average Bonchev–Trinajstić information content (AvgIpc) is 2.64. The number of urea groups is 6. The molecule has 0 fully saturated rings. The molecule has 0 radical (unpaired) electrons. The Hall–Kier alpha value is -13.4. The molecule has 11 rings (SSSR count). The van der Waals surface area contributed by atoms with Crippen LogP contribution in [-0.4, -0.2) is 36.2 Å². The summed E-state index contributed by atoms with van der Waals surface area (Å²) < 4.78 is 25.2. The van der Waals surface area contributed by atoms with Crippen molar-refractivity contribution in [1.82, 2.24) is 11.0 Å². The van der Waals surface area contributed by atoms with Crippen molar-refractivity contribution in [3.05, 3.63) is 243 Å². The maximum absolute atomic E-state index is 13.8. The van der Waals surface area contributed by atoms with Crippen molar-refractivity contribution in [3.8, 4) is 57.5 Å². The summed E-state index contributed by atoms with van der Waals surface area (Å²) in [6, 6.07) is 61.4. The summed E-state index contributed by atoms with van der Waals surface area (Å²) in [5.41, 5.74) is 7.03. The van der Waals surface area contributed by atoms with Gasteiger partial charge in [-0.25, -0.2) is 28.8 Å². The molecule has 0 bridgehead atoms. The summed E-state index contributed by atoms with van der Waals surface area (Å²) in [5.74, 6) is 1.84. The monoisotopic (exact) mass is 1200 g/mol.